The van der Waals surface area contributed by atoms with E-state index in [2.05, 4.69) is 40.7 Å². The average molecular weight is 428 g/mol. The van der Waals surface area contributed by atoms with E-state index >= 15 is 0 Å². The lowest BCUT2D eigenvalue weighted by Crippen LogP contribution is -2.49. The van der Waals surface area contributed by atoms with Gasteiger partial charge in [-0.1, -0.05) is 0 Å². The summed E-state index contributed by atoms with van der Waals surface area (Å²) < 4.78 is 39.1. The molecule has 2 saturated heterocycles. The number of rotatable bonds is 2. The van der Waals surface area contributed by atoms with Gasteiger partial charge in [0.05, 0.1) is 22.3 Å². The third kappa shape index (κ3) is 3.24. The number of piperidine rings is 1. The van der Waals surface area contributed by atoms with E-state index in [4.69, 9.17) is 0 Å². The van der Waals surface area contributed by atoms with E-state index in [1.54, 1.807) is 18.6 Å². The van der Waals surface area contributed by atoms with Gasteiger partial charge in [0.1, 0.15) is 11.6 Å². The van der Waals surface area contributed by atoms with Crippen molar-refractivity contribution in [2.24, 2.45) is 5.92 Å². The van der Waals surface area contributed by atoms with Crippen molar-refractivity contribution >= 4 is 27.6 Å². The number of hydrogen-bond acceptors (Lipinski definition) is 5. The molecule has 0 aliphatic carbocycles. The van der Waals surface area contributed by atoms with Crippen molar-refractivity contribution < 1.29 is 13.2 Å². The Morgan fingerprint density at radius 2 is 1.88 bits per heavy atom. The highest BCUT2D eigenvalue weighted by Crippen LogP contribution is 2.39. The standard InChI is InChI=1S/C17H17BrF3N5/c18-13-7-12(17(19,20)21)8-24-16(13)26-6-2-11-1-5-25(10-14(11)26)15-9-22-3-4-23-15/h3-4,7-9,11,14H,1-2,5-6,10H2. The van der Waals surface area contributed by atoms with Gasteiger partial charge in [-0.25, -0.2) is 9.97 Å². The van der Waals surface area contributed by atoms with Crippen LogP contribution in [-0.2, 0) is 6.18 Å². The zero-order chi connectivity index (χ0) is 18.3. The molecule has 4 rings (SSSR count). The van der Waals surface area contributed by atoms with E-state index in [-0.39, 0.29) is 6.04 Å². The third-order valence-corrected chi connectivity index (χ3v) is 5.74. The van der Waals surface area contributed by atoms with Crippen molar-refractivity contribution in [3.05, 3.63) is 40.9 Å². The van der Waals surface area contributed by atoms with Crippen LogP contribution in [0, 0.1) is 5.92 Å². The maximum Gasteiger partial charge on any atom is 0.417 e. The molecule has 0 saturated carbocycles. The van der Waals surface area contributed by atoms with Gasteiger partial charge in [0.2, 0.25) is 0 Å². The second kappa shape index (κ2) is 6.68. The lowest BCUT2D eigenvalue weighted by Gasteiger charge is -2.39. The molecular formula is C17H17BrF3N5. The molecule has 0 spiro atoms. The minimum Gasteiger partial charge on any atom is -0.353 e. The highest BCUT2D eigenvalue weighted by molar-refractivity contribution is 9.10. The number of alkyl halides is 3. The topological polar surface area (TPSA) is 45.2 Å². The van der Waals surface area contributed by atoms with E-state index in [9.17, 15) is 13.2 Å². The van der Waals surface area contributed by atoms with Gasteiger partial charge in [0, 0.05) is 38.2 Å². The first-order valence-corrected chi connectivity index (χ1v) is 9.23. The van der Waals surface area contributed by atoms with Gasteiger partial charge >= 0.3 is 6.18 Å². The Morgan fingerprint density at radius 1 is 1.08 bits per heavy atom. The fourth-order valence-corrected chi connectivity index (χ4v) is 4.44. The lowest BCUT2D eigenvalue weighted by molar-refractivity contribution is -0.137. The zero-order valence-corrected chi connectivity index (χ0v) is 15.4. The molecule has 2 atom stereocenters. The van der Waals surface area contributed by atoms with Crippen molar-refractivity contribution in [2.75, 3.05) is 29.4 Å². The van der Waals surface area contributed by atoms with Crippen LogP contribution < -0.4 is 9.80 Å². The minimum atomic E-state index is -4.39. The SMILES string of the molecule is FC(F)(F)c1cnc(N2CCC3CCN(c4cnccn4)CC32)c(Br)c1. The normalized spacial score (nSPS) is 23.2. The molecular weight excluding hydrogens is 411 g/mol. The quantitative estimate of drug-likeness (QED) is 0.729. The molecule has 2 fully saturated rings. The summed E-state index contributed by atoms with van der Waals surface area (Å²) in [5, 5.41) is 0. The summed E-state index contributed by atoms with van der Waals surface area (Å²) >= 11 is 3.29. The zero-order valence-electron chi connectivity index (χ0n) is 13.8. The number of aromatic nitrogens is 3. The molecule has 138 valence electrons. The second-order valence-corrected chi connectivity index (χ2v) is 7.49. The Hall–Kier alpha value is -1.90. The first-order chi connectivity index (χ1) is 12.4. The molecule has 2 aliphatic heterocycles. The Balaban J connectivity index is 1.58. The molecule has 0 amide bonds. The summed E-state index contributed by atoms with van der Waals surface area (Å²) in [5.74, 6) is 1.92. The van der Waals surface area contributed by atoms with Crippen LogP contribution in [-0.4, -0.2) is 40.6 Å². The summed E-state index contributed by atoms with van der Waals surface area (Å²) in [6.07, 6.45) is 3.62. The van der Waals surface area contributed by atoms with E-state index in [0.717, 1.165) is 50.6 Å². The Labute approximate surface area is 157 Å². The van der Waals surface area contributed by atoms with E-state index in [1.807, 2.05) is 0 Å². The number of anilines is 2. The Bertz CT molecular complexity index is 786. The molecule has 2 aromatic rings. The highest BCUT2D eigenvalue weighted by atomic mass is 79.9. The van der Waals surface area contributed by atoms with Crippen LogP contribution >= 0.6 is 15.9 Å². The molecule has 0 radical (unpaired) electrons. The van der Waals surface area contributed by atoms with Gasteiger partial charge in [-0.3, -0.25) is 4.98 Å². The minimum absolute atomic E-state index is 0.200. The van der Waals surface area contributed by atoms with Gasteiger partial charge in [0.25, 0.3) is 0 Å². The average Bonchev–Trinajstić information content (AvgIpc) is 3.04. The number of nitrogens with zero attached hydrogens (tertiary/aromatic N) is 5. The summed E-state index contributed by atoms with van der Waals surface area (Å²) in [6, 6.07) is 1.31. The summed E-state index contributed by atoms with van der Waals surface area (Å²) in [7, 11) is 0. The Morgan fingerprint density at radius 3 is 2.58 bits per heavy atom. The second-order valence-electron chi connectivity index (χ2n) is 6.63. The van der Waals surface area contributed by atoms with Gasteiger partial charge in [-0.05, 0) is 40.8 Å². The maximum absolute atomic E-state index is 12.9. The van der Waals surface area contributed by atoms with Gasteiger partial charge in [0.15, 0.2) is 0 Å². The van der Waals surface area contributed by atoms with Crippen molar-refractivity contribution in [3.8, 4) is 0 Å². The fourth-order valence-electron chi connectivity index (χ4n) is 3.86. The predicted molar refractivity (Wildman–Crippen MR) is 95.0 cm³/mol. The molecule has 2 unspecified atom stereocenters. The maximum atomic E-state index is 12.9. The van der Waals surface area contributed by atoms with Crippen LogP contribution in [0.25, 0.3) is 0 Å². The monoisotopic (exact) mass is 427 g/mol. The van der Waals surface area contributed by atoms with E-state index < -0.39 is 11.7 Å². The lowest BCUT2D eigenvalue weighted by atomic mass is 9.92. The number of hydrogen-bond donors (Lipinski definition) is 0. The van der Waals surface area contributed by atoms with E-state index in [0.29, 0.717) is 16.2 Å². The molecule has 9 heteroatoms. The molecule has 2 aromatic heterocycles. The summed E-state index contributed by atoms with van der Waals surface area (Å²) in [5.41, 5.74) is -0.742. The van der Waals surface area contributed by atoms with Crippen molar-refractivity contribution in [3.63, 3.8) is 0 Å². The smallest absolute Gasteiger partial charge is 0.353 e. The van der Waals surface area contributed by atoms with Crippen molar-refractivity contribution in [1.29, 1.82) is 0 Å². The van der Waals surface area contributed by atoms with Gasteiger partial charge < -0.3 is 9.80 Å². The van der Waals surface area contributed by atoms with Crippen molar-refractivity contribution in [2.45, 2.75) is 25.1 Å². The van der Waals surface area contributed by atoms with Crippen LogP contribution in [0.4, 0.5) is 24.8 Å². The predicted octanol–water partition coefficient (Wildman–Crippen LogP) is 3.76. The summed E-state index contributed by atoms with van der Waals surface area (Å²) in [4.78, 5) is 16.9. The number of halogens is 4. The molecule has 0 N–H and O–H groups in total. The first kappa shape index (κ1) is 17.5. The van der Waals surface area contributed by atoms with Crippen LogP contribution in [0.3, 0.4) is 0 Å². The molecule has 2 aliphatic rings. The third-order valence-electron chi connectivity index (χ3n) is 5.16. The van der Waals surface area contributed by atoms with E-state index in [1.165, 1.54) is 0 Å². The van der Waals surface area contributed by atoms with Crippen molar-refractivity contribution in [1.82, 2.24) is 15.0 Å². The van der Waals surface area contributed by atoms with Crippen LogP contribution in [0.15, 0.2) is 35.3 Å². The number of fused-ring (bicyclic) bond motifs is 1. The number of pyridine rings is 1. The molecule has 5 nitrogen and oxygen atoms in total. The highest BCUT2D eigenvalue weighted by Gasteiger charge is 2.40. The van der Waals surface area contributed by atoms with Crippen LogP contribution in [0.2, 0.25) is 0 Å². The fraction of sp³-hybridized carbons (Fsp3) is 0.471. The van der Waals surface area contributed by atoms with Gasteiger partial charge in [-0.2, -0.15) is 13.2 Å². The Kier molecular flexibility index (Phi) is 4.50. The molecule has 26 heavy (non-hydrogen) atoms. The van der Waals surface area contributed by atoms with Crippen LogP contribution in [0.5, 0.6) is 0 Å². The first-order valence-electron chi connectivity index (χ1n) is 8.44. The van der Waals surface area contributed by atoms with Gasteiger partial charge in [-0.15, -0.1) is 0 Å². The van der Waals surface area contributed by atoms with Crippen LogP contribution in [0.1, 0.15) is 18.4 Å². The molecule has 0 aromatic carbocycles. The molecule has 0 bridgehead atoms. The summed E-state index contributed by atoms with van der Waals surface area (Å²) in [6.45, 7) is 2.47. The molecule has 4 heterocycles. The largest absolute Gasteiger partial charge is 0.417 e.